The third-order valence-electron chi connectivity index (χ3n) is 5.26. The molecule has 6 nitrogen and oxygen atoms in total. The number of hydrogen-bond acceptors (Lipinski definition) is 3. The van der Waals surface area contributed by atoms with Gasteiger partial charge in [0.2, 0.25) is 0 Å². The molecule has 1 aliphatic rings. The molecule has 2 N–H and O–H groups in total. The topological polar surface area (TPSA) is 65.5 Å². The number of rotatable bonds is 5. The molecule has 2 heterocycles. The molecule has 0 amide bonds. The van der Waals surface area contributed by atoms with E-state index in [1.165, 1.54) is 5.56 Å². The fourth-order valence-electron chi connectivity index (χ4n) is 3.73. The highest BCUT2D eigenvalue weighted by molar-refractivity contribution is 14.0. The van der Waals surface area contributed by atoms with Crippen molar-refractivity contribution < 1.29 is 4.74 Å². The number of aliphatic imine (C=N–C) groups is 1. The predicted octanol–water partition coefficient (Wildman–Crippen LogP) is 4.27. The van der Waals surface area contributed by atoms with Gasteiger partial charge >= 0.3 is 0 Å². The SMILES string of the molecule is CN=C(NCC1CCOc2ccccc21)N(C)Cc1ncc(-c2ccccc2)[nH]1.I. The molecular formula is C23H28IN5O. The van der Waals surface area contributed by atoms with Crippen LogP contribution in [-0.4, -0.2) is 48.1 Å². The highest BCUT2D eigenvalue weighted by Crippen LogP contribution is 2.32. The molecule has 0 bridgehead atoms. The van der Waals surface area contributed by atoms with Crippen molar-refractivity contribution in [3.63, 3.8) is 0 Å². The zero-order chi connectivity index (χ0) is 20.1. The molecule has 0 spiro atoms. The van der Waals surface area contributed by atoms with E-state index in [1.807, 2.05) is 50.6 Å². The van der Waals surface area contributed by atoms with E-state index >= 15 is 0 Å². The fraction of sp³-hybridized carbons (Fsp3) is 0.304. The molecule has 158 valence electrons. The van der Waals surface area contributed by atoms with Gasteiger partial charge in [0.1, 0.15) is 11.6 Å². The monoisotopic (exact) mass is 517 g/mol. The van der Waals surface area contributed by atoms with Crippen LogP contribution < -0.4 is 10.1 Å². The summed E-state index contributed by atoms with van der Waals surface area (Å²) in [6.45, 7) is 2.23. The first-order chi connectivity index (χ1) is 14.2. The Hall–Kier alpha value is -2.55. The average Bonchev–Trinajstić information content (AvgIpc) is 3.23. The summed E-state index contributed by atoms with van der Waals surface area (Å²) in [4.78, 5) is 14.5. The summed E-state index contributed by atoms with van der Waals surface area (Å²) in [6, 6.07) is 18.5. The molecule has 4 rings (SSSR count). The summed E-state index contributed by atoms with van der Waals surface area (Å²) in [7, 11) is 3.84. The number of hydrogen-bond donors (Lipinski definition) is 2. The first kappa shape index (κ1) is 22.1. The van der Waals surface area contributed by atoms with Crippen LogP contribution in [0.4, 0.5) is 0 Å². The van der Waals surface area contributed by atoms with Crippen molar-refractivity contribution in [3.8, 4) is 17.0 Å². The minimum Gasteiger partial charge on any atom is -0.493 e. The first-order valence-corrected chi connectivity index (χ1v) is 9.97. The summed E-state index contributed by atoms with van der Waals surface area (Å²) in [5, 5.41) is 3.52. The van der Waals surface area contributed by atoms with E-state index in [1.54, 1.807) is 0 Å². The van der Waals surface area contributed by atoms with E-state index < -0.39 is 0 Å². The van der Waals surface area contributed by atoms with E-state index in [-0.39, 0.29) is 24.0 Å². The molecule has 1 aromatic heterocycles. The third-order valence-corrected chi connectivity index (χ3v) is 5.26. The van der Waals surface area contributed by atoms with Crippen molar-refractivity contribution in [2.45, 2.75) is 18.9 Å². The Labute approximate surface area is 194 Å². The largest absolute Gasteiger partial charge is 0.493 e. The van der Waals surface area contributed by atoms with Crippen LogP contribution in [0, 0.1) is 0 Å². The summed E-state index contributed by atoms with van der Waals surface area (Å²) in [6.07, 6.45) is 2.89. The van der Waals surface area contributed by atoms with Gasteiger partial charge in [-0.3, -0.25) is 4.99 Å². The Bertz CT molecular complexity index is 972. The lowest BCUT2D eigenvalue weighted by molar-refractivity contribution is 0.266. The van der Waals surface area contributed by atoms with Crippen LogP contribution in [0.25, 0.3) is 11.3 Å². The predicted molar refractivity (Wildman–Crippen MR) is 132 cm³/mol. The van der Waals surface area contributed by atoms with Crippen molar-refractivity contribution >= 4 is 29.9 Å². The lowest BCUT2D eigenvalue weighted by Crippen LogP contribution is -2.41. The molecule has 1 atom stereocenters. The molecule has 30 heavy (non-hydrogen) atoms. The van der Waals surface area contributed by atoms with Crippen LogP contribution in [0.15, 0.2) is 65.8 Å². The van der Waals surface area contributed by atoms with Crippen LogP contribution in [0.1, 0.15) is 23.7 Å². The number of nitrogens with one attached hydrogen (secondary N) is 2. The van der Waals surface area contributed by atoms with Gasteiger partial charge in [0.25, 0.3) is 0 Å². The summed E-state index contributed by atoms with van der Waals surface area (Å²) < 4.78 is 5.77. The second kappa shape index (κ2) is 10.5. The zero-order valence-corrected chi connectivity index (χ0v) is 19.7. The number of halogens is 1. The standard InChI is InChI=1S/C23H27N5O.HI/c1-24-23(26-14-18-12-13-29-21-11-7-6-10-19(18)21)28(2)16-22-25-15-20(27-22)17-8-4-3-5-9-17;/h3-11,15,18H,12-14,16H2,1-2H3,(H,24,26)(H,25,27);1H. The van der Waals surface area contributed by atoms with Crippen molar-refractivity contribution in [2.75, 3.05) is 27.2 Å². The van der Waals surface area contributed by atoms with Gasteiger partial charge in [0.05, 0.1) is 25.0 Å². The minimum atomic E-state index is 0. The Morgan fingerprint density at radius 2 is 1.97 bits per heavy atom. The summed E-state index contributed by atoms with van der Waals surface area (Å²) in [5.74, 6) is 3.17. The average molecular weight is 517 g/mol. The van der Waals surface area contributed by atoms with E-state index in [0.29, 0.717) is 12.5 Å². The molecule has 0 aliphatic carbocycles. The van der Waals surface area contributed by atoms with Crippen molar-refractivity contribution in [1.29, 1.82) is 0 Å². The molecule has 1 unspecified atom stereocenters. The highest BCUT2D eigenvalue weighted by atomic mass is 127. The Balaban J connectivity index is 0.00000256. The Morgan fingerprint density at radius 1 is 1.20 bits per heavy atom. The van der Waals surface area contributed by atoms with Gasteiger partial charge in [-0.1, -0.05) is 48.5 Å². The Morgan fingerprint density at radius 3 is 2.77 bits per heavy atom. The lowest BCUT2D eigenvalue weighted by atomic mass is 9.93. The fourth-order valence-corrected chi connectivity index (χ4v) is 3.73. The van der Waals surface area contributed by atoms with Gasteiger partial charge in [-0.2, -0.15) is 0 Å². The minimum absolute atomic E-state index is 0. The second-order valence-corrected chi connectivity index (χ2v) is 7.27. The molecule has 1 aliphatic heterocycles. The number of guanidine groups is 1. The number of imidazole rings is 1. The molecule has 0 saturated heterocycles. The molecular weight excluding hydrogens is 489 g/mol. The lowest BCUT2D eigenvalue weighted by Gasteiger charge is -2.28. The number of fused-ring (bicyclic) bond motifs is 1. The summed E-state index contributed by atoms with van der Waals surface area (Å²) in [5.41, 5.74) is 3.42. The first-order valence-electron chi connectivity index (χ1n) is 9.97. The number of aromatic nitrogens is 2. The molecule has 0 radical (unpaired) electrons. The molecule has 2 aromatic carbocycles. The zero-order valence-electron chi connectivity index (χ0n) is 17.3. The van der Waals surface area contributed by atoms with E-state index in [4.69, 9.17) is 4.74 Å². The maximum atomic E-state index is 5.77. The van der Waals surface area contributed by atoms with Crippen LogP contribution >= 0.6 is 24.0 Å². The van der Waals surface area contributed by atoms with Crippen LogP contribution in [0.5, 0.6) is 5.75 Å². The van der Waals surface area contributed by atoms with E-state index in [0.717, 1.165) is 48.4 Å². The van der Waals surface area contributed by atoms with Crippen LogP contribution in [-0.2, 0) is 6.54 Å². The van der Waals surface area contributed by atoms with Crippen molar-refractivity contribution in [1.82, 2.24) is 20.2 Å². The smallest absolute Gasteiger partial charge is 0.193 e. The van der Waals surface area contributed by atoms with E-state index in [9.17, 15) is 0 Å². The van der Waals surface area contributed by atoms with Gasteiger partial charge < -0.3 is 19.9 Å². The maximum Gasteiger partial charge on any atom is 0.193 e. The highest BCUT2D eigenvalue weighted by Gasteiger charge is 2.21. The number of benzene rings is 2. The van der Waals surface area contributed by atoms with Crippen molar-refractivity contribution in [3.05, 3.63) is 72.2 Å². The van der Waals surface area contributed by atoms with Crippen molar-refractivity contribution in [2.24, 2.45) is 4.99 Å². The van der Waals surface area contributed by atoms with Crippen LogP contribution in [0.2, 0.25) is 0 Å². The molecule has 7 heteroatoms. The summed E-state index contributed by atoms with van der Waals surface area (Å²) >= 11 is 0. The van der Waals surface area contributed by atoms with Gasteiger partial charge in [-0.25, -0.2) is 4.98 Å². The molecule has 0 fully saturated rings. The number of nitrogens with zero attached hydrogens (tertiary/aromatic N) is 3. The Kier molecular flexibility index (Phi) is 7.73. The number of para-hydroxylation sites is 1. The maximum absolute atomic E-state index is 5.77. The second-order valence-electron chi connectivity index (χ2n) is 7.27. The number of aromatic amines is 1. The normalized spacial score (nSPS) is 15.5. The molecule has 3 aromatic rings. The van der Waals surface area contributed by atoms with E-state index in [2.05, 4.69) is 49.4 Å². The molecule has 0 saturated carbocycles. The van der Waals surface area contributed by atoms with Gasteiger partial charge in [0.15, 0.2) is 5.96 Å². The quantitative estimate of drug-likeness (QED) is 0.302. The van der Waals surface area contributed by atoms with Gasteiger partial charge in [0, 0.05) is 26.6 Å². The number of ether oxygens (including phenoxy) is 1. The third kappa shape index (κ3) is 5.13. The van der Waals surface area contributed by atoms with Gasteiger partial charge in [-0.05, 0) is 23.6 Å². The number of H-pyrrole nitrogens is 1. The van der Waals surface area contributed by atoms with Crippen LogP contribution in [0.3, 0.4) is 0 Å². The van der Waals surface area contributed by atoms with Gasteiger partial charge in [-0.15, -0.1) is 24.0 Å².